The van der Waals surface area contributed by atoms with Crippen LogP contribution in [0.1, 0.15) is 36.2 Å². The van der Waals surface area contributed by atoms with Crippen molar-refractivity contribution in [2.45, 2.75) is 26.8 Å². The topological polar surface area (TPSA) is 70.1 Å². The number of nitrogens with zero attached hydrogens (tertiary/aromatic N) is 2. The Morgan fingerprint density at radius 3 is 2.88 bits per heavy atom. The van der Waals surface area contributed by atoms with Crippen LogP contribution in [0.5, 0.6) is 0 Å². The van der Waals surface area contributed by atoms with Gasteiger partial charge in [-0.15, -0.1) is 6.42 Å². The molecule has 0 fully saturated rings. The Morgan fingerprint density at radius 2 is 2.38 bits per heavy atom. The maximum atomic E-state index is 11.5. The first kappa shape index (κ1) is 12.1. The molecule has 2 N–H and O–H groups in total. The SMILES string of the molecule is C#CC(C)n1c(C)nc(C(=O)OCC)c1N. The van der Waals surface area contributed by atoms with E-state index < -0.39 is 5.97 Å². The minimum Gasteiger partial charge on any atom is -0.461 e. The lowest BCUT2D eigenvalue weighted by Gasteiger charge is -2.10. The number of carbonyl (C=O) groups excluding carboxylic acids is 1. The van der Waals surface area contributed by atoms with E-state index in [-0.39, 0.29) is 24.2 Å². The van der Waals surface area contributed by atoms with Crippen molar-refractivity contribution >= 4 is 11.8 Å². The van der Waals surface area contributed by atoms with Gasteiger partial charge < -0.3 is 15.0 Å². The summed E-state index contributed by atoms with van der Waals surface area (Å²) in [5.74, 6) is 2.87. The predicted octanol–water partition coefficient (Wildman–Crippen LogP) is 1.14. The highest BCUT2D eigenvalue weighted by Crippen LogP contribution is 2.20. The fourth-order valence-electron chi connectivity index (χ4n) is 1.47. The first-order chi connectivity index (χ1) is 7.52. The molecule has 16 heavy (non-hydrogen) atoms. The molecule has 0 bridgehead atoms. The van der Waals surface area contributed by atoms with Crippen molar-refractivity contribution in [3.8, 4) is 12.3 Å². The van der Waals surface area contributed by atoms with Gasteiger partial charge in [-0.1, -0.05) is 5.92 Å². The van der Waals surface area contributed by atoms with Gasteiger partial charge in [0.1, 0.15) is 11.6 Å². The molecule has 0 aliphatic heterocycles. The van der Waals surface area contributed by atoms with E-state index in [1.54, 1.807) is 25.3 Å². The van der Waals surface area contributed by atoms with Gasteiger partial charge in [-0.05, 0) is 20.8 Å². The fourth-order valence-corrected chi connectivity index (χ4v) is 1.47. The van der Waals surface area contributed by atoms with E-state index in [9.17, 15) is 4.79 Å². The van der Waals surface area contributed by atoms with Crippen LogP contribution in [0.3, 0.4) is 0 Å². The smallest absolute Gasteiger partial charge is 0.360 e. The number of nitrogen functional groups attached to an aromatic ring is 1. The van der Waals surface area contributed by atoms with Crippen LogP contribution in [-0.2, 0) is 4.74 Å². The minimum atomic E-state index is -0.522. The third-order valence-electron chi connectivity index (χ3n) is 2.22. The van der Waals surface area contributed by atoms with Crippen molar-refractivity contribution in [2.75, 3.05) is 12.3 Å². The molecule has 0 radical (unpaired) electrons. The number of hydrogen-bond donors (Lipinski definition) is 1. The van der Waals surface area contributed by atoms with Crippen LogP contribution in [0.25, 0.3) is 0 Å². The maximum absolute atomic E-state index is 11.5. The average molecular weight is 221 g/mol. The lowest BCUT2D eigenvalue weighted by Crippen LogP contribution is -2.11. The monoisotopic (exact) mass is 221 g/mol. The van der Waals surface area contributed by atoms with Crippen molar-refractivity contribution in [2.24, 2.45) is 0 Å². The normalized spacial score (nSPS) is 11.9. The molecular weight excluding hydrogens is 206 g/mol. The van der Waals surface area contributed by atoms with E-state index in [2.05, 4.69) is 10.9 Å². The number of ether oxygens (including phenoxy) is 1. The van der Waals surface area contributed by atoms with E-state index in [0.717, 1.165) is 0 Å². The zero-order chi connectivity index (χ0) is 12.3. The molecule has 1 aromatic rings. The molecule has 0 saturated carbocycles. The Hall–Kier alpha value is -1.96. The molecule has 0 amide bonds. The average Bonchev–Trinajstić information content (AvgIpc) is 2.54. The van der Waals surface area contributed by atoms with Gasteiger partial charge in [0.05, 0.1) is 12.6 Å². The molecule has 0 aromatic carbocycles. The fraction of sp³-hybridized carbons (Fsp3) is 0.455. The molecular formula is C11H15N3O2. The standard InChI is InChI=1S/C11H15N3O2/c1-5-7(3)14-8(4)13-9(10(14)12)11(15)16-6-2/h1,7H,6,12H2,2-4H3. The minimum absolute atomic E-state index is 0.126. The number of carbonyl (C=O) groups is 1. The highest BCUT2D eigenvalue weighted by molar-refractivity contribution is 5.92. The zero-order valence-corrected chi connectivity index (χ0v) is 9.65. The van der Waals surface area contributed by atoms with Crippen LogP contribution in [-0.4, -0.2) is 22.1 Å². The molecule has 86 valence electrons. The van der Waals surface area contributed by atoms with Gasteiger partial charge >= 0.3 is 5.97 Å². The van der Waals surface area contributed by atoms with Crippen LogP contribution in [0.4, 0.5) is 5.82 Å². The second-order valence-electron chi connectivity index (χ2n) is 3.33. The third kappa shape index (κ3) is 2.01. The number of nitrogens with two attached hydrogens (primary N) is 1. The van der Waals surface area contributed by atoms with Crippen molar-refractivity contribution in [3.63, 3.8) is 0 Å². The summed E-state index contributed by atoms with van der Waals surface area (Å²) in [6.45, 7) is 5.56. The Balaban J connectivity index is 3.17. The molecule has 1 unspecified atom stereocenters. The molecule has 5 nitrogen and oxygen atoms in total. The summed E-state index contributed by atoms with van der Waals surface area (Å²) in [5.41, 5.74) is 5.94. The number of aryl methyl sites for hydroxylation is 1. The summed E-state index contributed by atoms with van der Waals surface area (Å²) >= 11 is 0. The summed E-state index contributed by atoms with van der Waals surface area (Å²) < 4.78 is 6.48. The Kier molecular flexibility index (Phi) is 3.56. The Bertz CT molecular complexity index is 443. The third-order valence-corrected chi connectivity index (χ3v) is 2.22. The number of rotatable bonds is 3. The lowest BCUT2D eigenvalue weighted by molar-refractivity contribution is 0.0521. The molecule has 0 spiro atoms. The molecule has 0 saturated heterocycles. The van der Waals surface area contributed by atoms with Crippen LogP contribution in [0, 0.1) is 19.3 Å². The highest BCUT2D eigenvalue weighted by atomic mass is 16.5. The van der Waals surface area contributed by atoms with E-state index in [1.807, 2.05) is 0 Å². The first-order valence-corrected chi connectivity index (χ1v) is 5.00. The quantitative estimate of drug-likeness (QED) is 0.614. The van der Waals surface area contributed by atoms with Gasteiger partial charge in [0.2, 0.25) is 0 Å². The molecule has 1 aromatic heterocycles. The second kappa shape index (κ2) is 4.71. The van der Waals surface area contributed by atoms with E-state index in [1.165, 1.54) is 0 Å². The molecule has 0 aliphatic rings. The summed E-state index contributed by atoms with van der Waals surface area (Å²) in [5, 5.41) is 0. The van der Waals surface area contributed by atoms with Crippen molar-refractivity contribution in [1.29, 1.82) is 0 Å². The number of esters is 1. The van der Waals surface area contributed by atoms with Gasteiger partial charge in [-0.3, -0.25) is 0 Å². The van der Waals surface area contributed by atoms with E-state index >= 15 is 0 Å². The van der Waals surface area contributed by atoms with Crippen molar-refractivity contribution in [3.05, 3.63) is 11.5 Å². The molecule has 1 atom stereocenters. The maximum Gasteiger partial charge on any atom is 0.360 e. The lowest BCUT2D eigenvalue weighted by atomic mass is 10.3. The number of terminal acetylenes is 1. The van der Waals surface area contributed by atoms with Crippen molar-refractivity contribution in [1.82, 2.24) is 9.55 Å². The highest BCUT2D eigenvalue weighted by Gasteiger charge is 2.21. The van der Waals surface area contributed by atoms with E-state index in [4.69, 9.17) is 16.9 Å². The Morgan fingerprint density at radius 1 is 1.75 bits per heavy atom. The van der Waals surface area contributed by atoms with Crippen molar-refractivity contribution < 1.29 is 9.53 Å². The van der Waals surface area contributed by atoms with E-state index in [0.29, 0.717) is 5.82 Å². The van der Waals surface area contributed by atoms with Gasteiger partial charge in [-0.2, -0.15) is 0 Å². The van der Waals surface area contributed by atoms with Crippen LogP contribution in [0.2, 0.25) is 0 Å². The van der Waals surface area contributed by atoms with Crippen LogP contribution < -0.4 is 5.73 Å². The first-order valence-electron chi connectivity index (χ1n) is 5.00. The Labute approximate surface area is 94.6 Å². The number of hydrogen-bond acceptors (Lipinski definition) is 4. The molecule has 1 rings (SSSR count). The summed E-state index contributed by atoms with van der Waals surface area (Å²) in [4.78, 5) is 15.6. The number of anilines is 1. The van der Waals surface area contributed by atoms with Gasteiger partial charge in [-0.25, -0.2) is 9.78 Å². The van der Waals surface area contributed by atoms with Gasteiger partial charge in [0.25, 0.3) is 0 Å². The second-order valence-corrected chi connectivity index (χ2v) is 3.33. The van der Waals surface area contributed by atoms with Gasteiger partial charge in [0.15, 0.2) is 5.69 Å². The molecule has 0 aliphatic carbocycles. The number of imidazole rings is 1. The van der Waals surface area contributed by atoms with Gasteiger partial charge in [0, 0.05) is 0 Å². The zero-order valence-electron chi connectivity index (χ0n) is 9.65. The largest absolute Gasteiger partial charge is 0.461 e. The molecule has 1 heterocycles. The van der Waals surface area contributed by atoms with Crippen LogP contribution in [0.15, 0.2) is 0 Å². The summed E-state index contributed by atoms with van der Waals surface area (Å²) in [7, 11) is 0. The van der Waals surface area contributed by atoms with Crippen LogP contribution >= 0.6 is 0 Å². The number of aromatic nitrogens is 2. The summed E-state index contributed by atoms with van der Waals surface area (Å²) in [6, 6.07) is -0.240. The summed E-state index contributed by atoms with van der Waals surface area (Å²) in [6.07, 6.45) is 5.32. The molecule has 5 heteroatoms. The predicted molar refractivity (Wildman–Crippen MR) is 60.9 cm³/mol.